The van der Waals surface area contributed by atoms with Crippen molar-refractivity contribution in [3.8, 4) is 28.7 Å². The number of carbonyl (C=O) groups is 2. The Morgan fingerprint density at radius 2 is 1.74 bits per heavy atom. The quantitative estimate of drug-likeness (QED) is 0.308. The summed E-state index contributed by atoms with van der Waals surface area (Å²) in [6, 6.07) is 26.3. The van der Waals surface area contributed by atoms with Crippen LogP contribution in [-0.2, 0) is 11.3 Å². The molecule has 1 N–H and O–H groups in total. The zero-order valence-electron chi connectivity index (χ0n) is 19.0. The van der Waals surface area contributed by atoms with Gasteiger partial charge in [0, 0.05) is 22.9 Å². The summed E-state index contributed by atoms with van der Waals surface area (Å²) in [7, 11) is 1.61. The van der Waals surface area contributed by atoms with Crippen molar-refractivity contribution < 1.29 is 19.4 Å². The van der Waals surface area contributed by atoms with E-state index in [1.165, 1.54) is 12.3 Å². The monoisotopic (exact) mass is 462 g/mol. The van der Waals surface area contributed by atoms with Crippen LogP contribution in [0.25, 0.3) is 11.1 Å². The normalized spacial score (nSPS) is 10.1. The second-order valence-corrected chi connectivity index (χ2v) is 7.63. The van der Waals surface area contributed by atoms with Crippen molar-refractivity contribution in [3.63, 3.8) is 0 Å². The van der Waals surface area contributed by atoms with Crippen LogP contribution in [0.4, 0.5) is 5.69 Å². The maximum Gasteiger partial charge on any atom is 0.354 e. The van der Waals surface area contributed by atoms with Crippen LogP contribution < -0.4 is 9.64 Å². The van der Waals surface area contributed by atoms with E-state index < -0.39 is 5.97 Å². The molecule has 4 rings (SSSR count). The number of carbonyl (C=O) groups excluding carboxylic acids is 1. The molecule has 0 saturated heterocycles. The molecule has 6 heteroatoms. The van der Waals surface area contributed by atoms with Gasteiger partial charge in [0.1, 0.15) is 11.4 Å². The number of methoxy groups -OCH3 is 1. The minimum Gasteiger partial charge on any atom is -0.496 e. The first-order chi connectivity index (χ1) is 17.1. The lowest BCUT2D eigenvalue weighted by Gasteiger charge is -2.21. The number of carboxylic acids is 1. The maximum absolute atomic E-state index is 12.1. The van der Waals surface area contributed by atoms with Gasteiger partial charge < -0.3 is 14.7 Å². The molecule has 0 atom stereocenters. The topological polar surface area (TPSA) is 79.7 Å². The molecule has 0 aliphatic heterocycles. The van der Waals surface area contributed by atoms with Crippen LogP contribution in [0.2, 0.25) is 0 Å². The molecule has 0 radical (unpaired) electrons. The number of anilines is 1. The molecule has 6 nitrogen and oxygen atoms in total. The van der Waals surface area contributed by atoms with Crippen molar-refractivity contribution >= 4 is 18.1 Å². The average molecular weight is 463 g/mol. The van der Waals surface area contributed by atoms with Crippen molar-refractivity contribution in [3.05, 3.63) is 114 Å². The Morgan fingerprint density at radius 1 is 0.971 bits per heavy atom. The van der Waals surface area contributed by atoms with E-state index in [9.17, 15) is 9.59 Å². The first-order valence-electron chi connectivity index (χ1n) is 10.8. The van der Waals surface area contributed by atoms with Gasteiger partial charge in [-0.25, -0.2) is 9.78 Å². The highest BCUT2D eigenvalue weighted by Gasteiger charge is 2.14. The molecular weight excluding hydrogens is 440 g/mol. The molecule has 0 spiro atoms. The Bertz CT molecular complexity index is 1400. The highest BCUT2D eigenvalue weighted by atomic mass is 16.5. The van der Waals surface area contributed by atoms with Gasteiger partial charge >= 0.3 is 5.97 Å². The van der Waals surface area contributed by atoms with Gasteiger partial charge in [-0.2, -0.15) is 0 Å². The number of nitrogens with zero attached hydrogens (tertiary/aromatic N) is 2. The number of amides is 1. The smallest absolute Gasteiger partial charge is 0.354 e. The van der Waals surface area contributed by atoms with Crippen molar-refractivity contribution in [1.82, 2.24) is 4.98 Å². The summed E-state index contributed by atoms with van der Waals surface area (Å²) in [5, 5.41) is 8.99. The predicted octanol–water partition coefficient (Wildman–Crippen LogP) is 5.02. The van der Waals surface area contributed by atoms with Crippen molar-refractivity contribution in [1.29, 1.82) is 0 Å². The minimum atomic E-state index is -1.09. The molecule has 1 aromatic heterocycles. The van der Waals surface area contributed by atoms with E-state index in [4.69, 9.17) is 9.84 Å². The maximum atomic E-state index is 12.1. The van der Waals surface area contributed by atoms with Crippen LogP contribution in [0.5, 0.6) is 5.75 Å². The van der Waals surface area contributed by atoms with Gasteiger partial charge in [-0.3, -0.25) is 4.79 Å². The Hall–Kier alpha value is -4.89. The summed E-state index contributed by atoms with van der Waals surface area (Å²) in [4.78, 5) is 28.5. The number of pyridine rings is 1. The highest BCUT2D eigenvalue weighted by molar-refractivity contribution is 5.85. The van der Waals surface area contributed by atoms with Crippen LogP contribution in [0.1, 0.15) is 27.2 Å². The lowest BCUT2D eigenvalue weighted by molar-refractivity contribution is -0.107. The Balaban J connectivity index is 1.61. The number of para-hydroxylation sites is 1. The zero-order chi connectivity index (χ0) is 24.6. The van der Waals surface area contributed by atoms with E-state index in [1.807, 2.05) is 72.8 Å². The minimum absolute atomic E-state index is 0.0460. The molecule has 35 heavy (non-hydrogen) atoms. The number of aromatic carboxylic acids is 1. The fourth-order valence-corrected chi connectivity index (χ4v) is 3.61. The van der Waals surface area contributed by atoms with E-state index in [0.717, 1.165) is 23.1 Å². The van der Waals surface area contributed by atoms with Gasteiger partial charge in [0.2, 0.25) is 6.41 Å². The van der Waals surface area contributed by atoms with Crippen LogP contribution >= 0.6 is 0 Å². The van der Waals surface area contributed by atoms with E-state index >= 15 is 0 Å². The SMILES string of the molecule is COc1cc(-c2ccccc2)ccc1CN(C=O)c1ccccc1C#Cc1ccc(C(=O)O)nc1. The third-order valence-corrected chi connectivity index (χ3v) is 5.40. The second kappa shape index (κ2) is 10.8. The van der Waals surface area contributed by atoms with E-state index in [-0.39, 0.29) is 5.69 Å². The molecular formula is C29H22N2O4. The van der Waals surface area contributed by atoms with Gasteiger partial charge in [0.05, 0.1) is 19.3 Å². The first kappa shape index (κ1) is 23.3. The zero-order valence-corrected chi connectivity index (χ0v) is 19.0. The van der Waals surface area contributed by atoms with E-state index in [2.05, 4.69) is 16.8 Å². The fourth-order valence-electron chi connectivity index (χ4n) is 3.61. The number of aromatic nitrogens is 1. The average Bonchev–Trinajstić information content (AvgIpc) is 2.91. The number of hydrogen-bond donors (Lipinski definition) is 1. The summed E-state index contributed by atoms with van der Waals surface area (Å²) >= 11 is 0. The first-order valence-corrected chi connectivity index (χ1v) is 10.8. The standard InChI is InChI=1S/C29H22N2O4/c1-35-28-17-24(22-7-3-2-4-8-22)14-15-25(28)19-31(20-32)27-10-6-5-9-23(27)13-11-21-12-16-26(29(33)34)30-18-21/h2-10,12,14-18,20H,19H2,1H3,(H,33,34). The Kier molecular flexibility index (Phi) is 7.19. The number of rotatable bonds is 7. The summed E-state index contributed by atoms with van der Waals surface area (Å²) in [5.41, 5.74) is 4.79. The van der Waals surface area contributed by atoms with Crippen LogP contribution in [0.15, 0.2) is 91.1 Å². The second-order valence-electron chi connectivity index (χ2n) is 7.63. The fraction of sp³-hybridized carbons (Fsp3) is 0.0690. The Labute approximate surface area is 203 Å². The van der Waals surface area contributed by atoms with Gasteiger partial charge in [0.25, 0.3) is 0 Å². The third-order valence-electron chi connectivity index (χ3n) is 5.40. The van der Waals surface area contributed by atoms with Crippen molar-refractivity contribution in [2.45, 2.75) is 6.54 Å². The number of carboxylic acid groups (broad SMARTS) is 1. The van der Waals surface area contributed by atoms with Crippen molar-refractivity contribution in [2.75, 3.05) is 12.0 Å². The molecule has 172 valence electrons. The summed E-state index contributed by atoms with van der Waals surface area (Å²) in [6.07, 6.45) is 2.18. The number of hydrogen-bond acceptors (Lipinski definition) is 4. The molecule has 0 fully saturated rings. The summed E-state index contributed by atoms with van der Waals surface area (Å²) < 4.78 is 5.63. The largest absolute Gasteiger partial charge is 0.496 e. The molecule has 1 heterocycles. The molecule has 0 saturated carbocycles. The molecule has 1 amide bonds. The van der Waals surface area contributed by atoms with Crippen LogP contribution in [-0.4, -0.2) is 29.6 Å². The third kappa shape index (κ3) is 5.55. The lowest BCUT2D eigenvalue weighted by atomic mass is 10.0. The van der Waals surface area contributed by atoms with E-state index in [1.54, 1.807) is 18.1 Å². The molecule has 0 aliphatic carbocycles. The molecule has 0 aliphatic rings. The predicted molar refractivity (Wildman–Crippen MR) is 134 cm³/mol. The van der Waals surface area contributed by atoms with Gasteiger partial charge in [-0.1, -0.05) is 66.4 Å². The van der Waals surface area contributed by atoms with Gasteiger partial charge in [-0.05, 0) is 41.5 Å². The van der Waals surface area contributed by atoms with E-state index in [0.29, 0.717) is 29.1 Å². The molecule has 0 bridgehead atoms. The van der Waals surface area contributed by atoms with Crippen LogP contribution in [0, 0.1) is 11.8 Å². The summed E-state index contributed by atoms with van der Waals surface area (Å²) in [5.74, 6) is 5.65. The molecule has 0 unspecified atom stereocenters. The highest BCUT2D eigenvalue weighted by Crippen LogP contribution is 2.29. The van der Waals surface area contributed by atoms with Crippen LogP contribution in [0.3, 0.4) is 0 Å². The Morgan fingerprint density at radius 3 is 2.43 bits per heavy atom. The molecule has 4 aromatic rings. The van der Waals surface area contributed by atoms with Gasteiger partial charge in [0.15, 0.2) is 0 Å². The van der Waals surface area contributed by atoms with Gasteiger partial charge in [-0.15, -0.1) is 0 Å². The lowest BCUT2D eigenvalue weighted by Crippen LogP contribution is -2.21. The summed E-state index contributed by atoms with van der Waals surface area (Å²) in [6.45, 7) is 0.301. The molecule has 3 aromatic carbocycles. The number of ether oxygens (including phenoxy) is 1. The number of benzene rings is 3. The van der Waals surface area contributed by atoms with Crippen molar-refractivity contribution in [2.24, 2.45) is 0 Å².